The average Bonchev–Trinajstić information content (AvgIpc) is 2.69. The molecule has 17 heavy (non-hydrogen) atoms. The molecule has 0 saturated heterocycles. The van der Waals surface area contributed by atoms with Gasteiger partial charge in [-0.05, 0) is 48.9 Å². The Balaban J connectivity index is 1.75. The predicted octanol–water partition coefficient (Wildman–Crippen LogP) is 4.39. The van der Waals surface area contributed by atoms with Crippen molar-refractivity contribution >= 4 is 21.6 Å². The number of anilines is 1. The molecule has 3 atom stereocenters. The van der Waals surface area contributed by atoms with Crippen LogP contribution in [0.5, 0.6) is 0 Å². The van der Waals surface area contributed by atoms with Crippen molar-refractivity contribution < 1.29 is 0 Å². The maximum atomic E-state index is 3.72. The number of rotatable bonds is 3. The molecule has 3 unspecified atom stereocenters. The molecule has 2 aliphatic rings. The van der Waals surface area contributed by atoms with E-state index in [9.17, 15) is 0 Å². The number of hydrogen-bond donors (Lipinski definition) is 1. The Hall–Kier alpha value is -0.760. The second kappa shape index (κ2) is 4.49. The first-order chi connectivity index (χ1) is 8.28. The molecule has 1 N–H and O–H groups in total. The highest BCUT2D eigenvalue weighted by Crippen LogP contribution is 2.44. The number of hydrogen-bond acceptors (Lipinski definition) is 1. The summed E-state index contributed by atoms with van der Waals surface area (Å²) in [6.07, 6.45) is 8.45. The van der Waals surface area contributed by atoms with Gasteiger partial charge in [-0.2, -0.15) is 0 Å². The molecule has 1 fully saturated rings. The van der Waals surface area contributed by atoms with Crippen LogP contribution in [0.1, 0.15) is 25.3 Å². The van der Waals surface area contributed by atoms with E-state index in [1.807, 2.05) is 0 Å². The Morgan fingerprint density at radius 2 is 2.29 bits per heavy atom. The van der Waals surface area contributed by atoms with Crippen molar-refractivity contribution in [3.8, 4) is 0 Å². The summed E-state index contributed by atoms with van der Waals surface area (Å²) in [5.41, 5.74) is 2.73. The fourth-order valence-electron chi connectivity index (χ4n) is 3.08. The number of allylic oxidation sites excluding steroid dienone is 1. The molecule has 0 amide bonds. The Morgan fingerprint density at radius 3 is 3.06 bits per heavy atom. The molecule has 0 aromatic heterocycles. The van der Waals surface area contributed by atoms with E-state index < -0.39 is 0 Å². The lowest BCUT2D eigenvalue weighted by Gasteiger charge is -2.41. The van der Waals surface area contributed by atoms with Crippen LogP contribution in [0.4, 0.5) is 5.69 Å². The lowest BCUT2D eigenvalue weighted by molar-refractivity contribution is 0.218. The van der Waals surface area contributed by atoms with Gasteiger partial charge in [0.25, 0.3) is 0 Å². The molecule has 0 aliphatic heterocycles. The number of nitrogens with one attached hydrogen (secondary N) is 1. The Morgan fingerprint density at radius 1 is 1.41 bits per heavy atom. The smallest absolute Gasteiger partial charge is 0.0375 e. The van der Waals surface area contributed by atoms with Crippen LogP contribution in [0.2, 0.25) is 0 Å². The second-order valence-corrected chi connectivity index (χ2v) is 6.06. The van der Waals surface area contributed by atoms with Crippen LogP contribution >= 0.6 is 15.9 Å². The largest absolute Gasteiger partial charge is 0.381 e. The van der Waals surface area contributed by atoms with Crippen LogP contribution in [0.15, 0.2) is 34.8 Å². The van der Waals surface area contributed by atoms with Crippen LogP contribution in [-0.4, -0.2) is 6.04 Å². The van der Waals surface area contributed by atoms with Gasteiger partial charge in [-0.1, -0.05) is 35.0 Å². The first-order valence-corrected chi connectivity index (χ1v) is 7.29. The maximum absolute atomic E-state index is 3.72. The van der Waals surface area contributed by atoms with Crippen LogP contribution in [0.25, 0.3) is 0 Å². The minimum absolute atomic E-state index is 0.658. The topological polar surface area (TPSA) is 12.0 Å². The molecule has 1 aromatic carbocycles. The van der Waals surface area contributed by atoms with E-state index in [4.69, 9.17) is 0 Å². The summed E-state index contributed by atoms with van der Waals surface area (Å²) in [7, 11) is 0. The zero-order valence-corrected chi connectivity index (χ0v) is 11.7. The van der Waals surface area contributed by atoms with Crippen molar-refractivity contribution in [1.29, 1.82) is 0 Å². The first-order valence-electron chi connectivity index (χ1n) is 6.49. The molecule has 90 valence electrons. The third-order valence-electron chi connectivity index (χ3n) is 4.15. The molecule has 0 heterocycles. The van der Waals surface area contributed by atoms with Gasteiger partial charge < -0.3 is 5.32 Å². The van der Waals surface area contributed by atoms with Gasteiger partial charge in [0, 0.05) is 22.1 Å². The van der Waals surface area contributed by atoms with Crippen molar-refractivity contribution in [2.24, 2.45) is 11.8 Å². The van der Waals surface area contributed by atoms with Crippen molar-refractivity contribution in [1.82, 2.24) is 0 Å². The predicted molar refractivity (Wildman–Crippen MR) is 76.3 cm³/mol. The van der Waals surface area contributed by atoms with E-state index in [2.05, 4.69) is 58.5 Å². The second-order valence-electron chi connectivity index (χ2n) is 5.14. The summed E-state index contributed by atoms with van der Waals surface area (Å²) in [6.45, 7) is 2.21. The average molecular weight is 292 g/mol. The molecule has 2 aliphatic carbocycles. The third-order valence-corrected chi connectivity index (χ3v) is 4.65. The molecular formula is C15H18BrN. The summed E-state index contributed by atoms with van der Waals surface area (Å²) in [5, 5.41) is 3.72. The molecule has 0 radical (unpaired) electrons. The number of halogens is 1. The summed E-state index contributed by atoms with van der Waals surface area (Å²) >= 11 is 3.54. The van der Waals surface area contributed by atoms with Crippen LogP contribution < -0.4 is 5.32 Å². The molecule has 1 saturated carbocycles. The molecule has 1 nitrogen and oxygen atoms in total. The fraction of sp³-hybridized carbons (Fsp3) is 0.467. The van der Waals surface area contributed by atoms with E-state index in [1.165, 1.54) is 28.6 Å². The number of aryl methyl sites for hydroxylation is 1. The SMILES string of the molecule is CCc1cc(Br)ccc1NC1CC2CC=CC21. The summed E-state index contributed by atoms with van der Waals surface area (Å²) in [6, 6.07) is 7.21. The minimum Gasteiger partial charge on any atom is -0.381 e. The normalized spacial score (nSPS) is 29.9. The number of fused-ring (bicyclic) bond motifs is 1. The van der Waals surface area contributed by atoms with E-state index in [0.717, 1.165) is 18.3 Å². The van der Waals surface area contributed by atoms with Crippen LogP contribution in [-0.2, 0) is 6.42 Å². The highest BCUT2D eigenvalue weighted by atomic mass is 79.9. The Labute approximate surface area is 111 Å². The zero-order valence-electron chi connectivity index (χ0n) is 10.1. The third kappa shape index (κ3) is 2.03. The molecule has 2 heteroatoms. The van der Waals surface area contributed by atoms with Crippen molar-refractivity contribution in [3.05, 3.63) is 40.4 Å². The zero-order chi connectivity index (χ0) is 11.8. The van der Waals surface area contributed by atoms with Gasteiger partial charge in [0.2, 0.25) is 0 Å². The summed E-state index contributed by atoms with van der Waals surface area (Å²) in [5.74, 6) is 1.70. The molecule has 3 rings (SSSR count). The minimum atomic E-state index is 0.658. The van der Waals surface area contributed by atoms with Crippen molar-refractivity contribution in [3.63, 3.8) is 0 Å². The highest BCUT2D eigenvalue weighted by Gasteiger charge is 2.40. The fourth-order valence-corrected chi connectivity index (χ4v) is 3.49. The standard InChI is InChI=1S/C15H18BrN/c1-2-10-8-12(16)6-7-14(10)17-15-9-11-4-3-5-13(11)15/h3,5-8,11,13,15,17H,2,4,9H2,1H3. The van der Waals surface area contributed by atoms with Crippen molar-refractivity contribution in [2.75, 3.05) is 5.32 Å². The van der Waals surface area contributed by atoms with E-state index in [1.54, 1.807) is 0 Å². The highest BCUT2D eigenvalue weighted by molar-refractivity contribution is 9.10. The van der Waals surface area contributed by atoms with Gasteiger partial charge >= 0.3 is 0 Å². The van der Waals surface area contributed by atoms with E-state index in [-0.39, 0.29) is 0 Å². The lowest BCUT2D eigenvalue weighted by Crippen LogP contribution is -2.43. The van der Waals surface area contributed by atoms with E-state index >= 15 is 0 Å². The number of benzene rings is 1. The van der Waals surface area contributed by atoms with Gasteiger partial charge in [0.1, 0.15) is 0 Å². The van der Waals surface area contributed by atoms with E-state index in [0.29, 0.717) is 6.04 Å². The van der Waals surface area contributed by atoms with Crippen LogP contribution in [0, 0.1) is 11.8 Å². The monoisotopic (exact) mass is 291 g/mol. The molecule has 1 aromatic rings. The molecule has 0 bridgehead atoms. The van der Waals surface area contributed by atoms with Gasteiger partial charge in [-0.15, -0.1) is 0 Å². The van der Waals surface area contributed by atoms with Crippen molar-refractivity contribution in [2.45, 2.75) is 32.2 Å². The Bertz CT molecular complexity index is 452. The molecule has 0 spiro atoms. The van der Waals surface area contributed by atoms with Crippen LogP contribution in [0.3, 0.4) is 0 Å². The van der Waals surface area contributed by atoms with Gasteiger partial charge in [0.15, 0.2) is 0 Å². The summed E-state index contributed by atoms with van der Waals surface area (Å²) in [4.78, 5) is 0. The quantitative estimate of drug-likeness (QED) is 0.815. The first kappa shape index (κ1) is 11.3. The molecular weight excluding hydrogens is 274 g/mol. The Kier molecular flexibility index (Phi) is 2.99. The van der Waals surface area contributed by atoms with Gasteiger partial charge in [-0.3, -0.25) is 0 Å². The summed E-state index contributed by atoms with van der Waals surface area (Å²) < 4.78 is 1.17. The van der Waals surface area contributed by atoms with Gasteiger partial charge in [0.05, 0.1) is 0 Å². The lowest BCUT2D eigenvalue weighted by atomic mass is 9.71. The van der Waals surface area contributed by atoms with Gasteiger partial charge in [-0.25, -0.2) is 0 Å². The maximum Gasteiger partial charge on any atom is 0.0375 e.